The summed E-state index contributed by atoms with van der Waals surface area (Å²) in [5, 5.41) is 7.33. The Hall–Kier alpha value is -2.28. The van der Waals surface area contributed by atoms with Crippen molar-refractivity contribution in [2.75, 3.05) is 13.2 Å². The van der Waals surface area contributed by atoms with E-state index in [1.807, 2.05) is 20.8 Å². The summed E-state index contributed by atoms with van der Waals surface area (Å²) >= 11 is 0. The lowest BCUT2D eigenvalue weighted by molar-refractivity contribution is 0.0922. The second-order valence-electron chi connectivity index (χ2n) is 5.37. The van der Waals surface area contributed by atoms with Crippen molar-refractivity contribution in [3.8, 4) is 0 Å². The predicted octanol–water partition coefficient (Wildman–Crippen LogP) is 1.38. The molecule has 2 heterocycles. The van der Waals surface area contributed by atoms with Crippen LogP contribution in [0.3, 0.4) is 0 Å². The van der Waals surface area contributed by atoms with Gasteiger partial charge in [0, 0.05) is 37.7 Å². The van der Waals surface area contributed by atoms with E-state index in [-0.39, 0.29) is 11.9 Å². The van der Waals surface area contributed by atoms with Crippen molar-refractivity contribution in [3.05, 3.63) is 41.7 Å². The summed E-state index contributed by atoms with van der Waals surface area (Å²) in [5.41, 5.74) is 2.21. The minimum Gasteiger partial charge on any atom is -0.380 e. The fourth-order valence-corrected chi connectivity index (χ4v) is 2.29. The average Bonchev–Trinajstić information content (AvgIpc) is 2.89. The summed E-state index contributed by atoms with van der Waals surface area (Å²) < 4.78 is 7.02. The molecule has 1 amide bonds. The molecule has 0 aliphatic heterocycles. The van der Waals surface area contributed by atoms with Crippen LogP contribution in [0, 0.1) is 6.92 Å². The summed E-state index contributed by atoms with van der Waals surface area (Å²) in [5.74, 6) is -0.140. The van der Waals surface area contributed by atoms with Crippen molar-refractivity contribution in [1.82, 2.24) is 25.1 Å². The van der Waals surface area contributed by atoms with Crippen LogP contribution in [-0.2, 0) is 17.7 Å². The van der Waals surface area contributed by atoms with Crippen molar-refractivity contribution >= 4 is 5.91 Å². The molecule has 23 heavy (non-hydrogen) atoms. The predicted molar refractivity (Wildman–Crippen MR) is 86.1 cm³/mol. The van der Waals surface area contributed by atoms with Gasteiger partial charge in [-0.2, -0.15) is 5.10 Å². The first kappa shape index (κ1) is 17.1. The Kier molecular flexibility index (Phi) is 6.22. The molecule has 0 bridgehead atoms. The molecule has 0 aliphatic carbocycles. The SMILES string of the molecule is CCOCCn1nc(C)cc1C(=O)N[C@H](C)Cc1cnccn1. The molecule has 7 heteroatoms. The van der Waals surface area contributed by atoms with Crippen molar-refractivity contribution < 1.29 is 9.53 Å². The average molecular weight is 317 g/mol. The first-order valence-electron chi connectivity index (χ1n) is 7.78. The molecule has 2 aromatic heterocycles. The smallest absolute Gasteiger partial charge is 0.269 e. The first-order valence-corrected chi connectivity index (χ1v) is 7.78. The molecule has 0 unspecified atom stereocenters. The highest BCUT2D eigenvalue weighted by atomic mass is 16.5. The molecule has 7 nitrogen and oxygen atoms in total. The van der Waals surface area contributed by atoms with E-state index in [4.69, 9.17) is 4.74 Å². The van der Waals surface area contributed by atoms with Gasteiger partial charge in [-0.25, -0.2) is 0 Å². The number of rotatable bonds is 8. The number of nitrogens with one attached hydrogen (secondary N) is 1. The number of aryl methyl sites for hydroxylation is 1. The lowest BCUT2D eigenvalue weighted by Gasteiger charge is -2.14. The standard InChI is InChI=1S/C16H23N5O2/c1-4-23-8-7-21-15(10-13(3)20-21)16(22)19-12(2)9-14-11-17-5-6-18-14/h5-6,10-12H,4,7-9H2,1-3H3,(H,19,22)/t12-/m1/s1. The Labute approximate surface area is 136 Å². The number of carbonyl (C=O) groups excluding carboxylic acids is 1. The van der Waals surface area contributed by atoms with Crippen LogP contribution < -0.4 is 5.32 Å². The van der Waals surface area contributed by atoms with Gasteiger partial charge in [0.1, 0.15) is 5.69 Å². The van der Waals surface area contributed by atoms with Gasteiger partial charge in [-0.05, 0) is 26.8 Å². The summed E-state index contributed by atoms with van der Waals surface area (Å²) in [7, 11) is 0. The molecule has 0 fully saturated rings. The molecular formula is C16H23N5O2. The summed E-state index contributed by atoms with van der Waals surface area (Å²) in [4.78, 5) is 20.7. The van der Waals surface area contributed by atoms with Crippen LogP contribution in [0.15, 0.2) is 24.7 Å². The molecule has 0 aromatic carbocycles. The van der Waals surface area contributed by atoms with Gasteiger partial charge in [-0.15, -0.1) is 0 Å². The van der Waals surface area contributed by atoms with Gasteiger partial charge in [0.25, 0.3) is 5.91 Å². The van der Waals surface area contributed by atoms with Gasteiger partial charge in [0.05, 0.1) is 24.5 Å². The van der Waals surface area contributed by atoms with Crippen LogP contribution in [0.5, 0.6) is 0 Å². The van der Waals surface area contributed by atoms with Crippen LogP contribution in [0.1, 0.15) is 35.7 Å². The largest absolute Gasteiger partial charge is 0.380 e. The third kappa shape index (κ3) is 5.14. The molecular weight excluding hydrogens is 294 g/mol. The van der Waals surface area contributed by atoms with E-state index in [1.165, 1.54) is 0 Å². The molecule has 1 atom stereocenters. The summed E-state index contributed by atoms with van der Waals surface area (Å²) in [6.45, 7) is 7.50. The maximum absolute atomic E-state index is 12.5. The van der Waals surface area contributed by atoms with Crippen LogP contribution >= 0.6 is 0 Å². The zero-order valence-electron chi connectivity index (χ0n) is 13.8. The second-order valence-corrected chi connectivity index (χ2v) is 5.37. The normalized spacial score (nSPS) is 12.1. The highest BCUT2D eigenvalue weighted by Crippen LogP contribution is 2.06. The van der Waals surface area contributed by atoms with Crippen molar-refractivity contribution in [2.24, 2.45) is 0 Å². The molecule has 0 saturated carbocycles. The Morgan fingerprint density at radius 1 is 1.43 bits per heavy atom. The third-order valence-electron chi connectivity index (χ3n) is 3.30. The van der Waals surface area contributed by atoms with Crippen molar-refractivity contribution in [2.45, 2.75) is 39.8 Å². The van der Waals surface area contributed by atoms with Gasteiger partial charge in [0.2, 0.25) is 0 Å². The fourth-order valence-electron chi connectivity index (χ4n) is 2.29. The number of aromatic nitrogens is 4. The number of ether oxygens (including phenoxy) is 1. The monoisotopic (exact) mass is 317 g/mol. The number of hydrogen-bond acceptors (Lipinski definition) is 5. The van der Waals surface area contributed by atoms with Gasteiger partial charge in [0.15, 0.2) is 0 Å². The quantitative estimate of drug-likeness (QED) is 0.744. The van der Waals surface area contributed by atoms with Crippen LogP contribution in [0.2, 0.25) is 0 Å². The fraction of sp³-hybridized carbons (Fsp3) is 0.500. The van der Waals surface area contributed by atoms with Crippen LogP contribution in [0.4, 0.5) is 0 Å². The lowest BCUT2D eigenvalue weighted by Crippen LogP contribution is -2.35. The number of carbonyl (C=O) groups is 1. The zero-order chi connectivity index (χ0) is 16.7. The van der Waals surface area contributed by atoms with E-state index in [2.05, 4.69) is 20.4 Å². The molecule has 0 spiro atoms. The minimum absolute atomic E-state index is 0.0465. The second kappa shape index (κ2) is 8.38. The minimum atomic E-state index is -0.140. The maximum Gasteiger partial charge on any atom is 0.269 e. The Morgan fingerprint density at radius 3 is 2.96 bits per heavy atom. The number of amides is 1. The van der Waals surface area contributed by atoms with E-state index in [0.29, 0.717) is 31.9 Å². The molecule has 2 rings (SSSR count). The van der Waals surface area contributed by atoms with Crippen molar-refractivity contribution in [1.29, 1.82) is 0 Å². The van der Waals surface area contributed by atoms with Crippen LogP contribution in [-0.4, -0.2) is 44.9 Å². The van der Waals surface area contributed by atoms with Crippen LogP contribution in [0.25, 0.3) is 0 Å². The van der Waals surface area contributed by atoms with E-state index in [9.17, 15) is 4.79 Å². The van der Waals surface area contributed by atoms with Gasteiger partial charge in [-0.1, -0.05) is 0 Å². The number of hydrogen-bond donors (Lipinski definition) is 1. The third-order valence-corrected chi connectivity index (χ3v) is 3.30. The molecule has 0 aliphatic rings. The van der Waals surface area contributed by atoms with E-state index in [0.717, 1.165) is 11.4 Å². The molecule has 0 saturated heterocycles. The van der Waals surface area contributed by atoms with E-state index in [1.54, 1.807) is 29.3 Å². The highest BCUT2D eigenvalue weighted by molar-refractivity contribution is 5.92. The van der Waals surface area contributed by atoms with E-state index >= 15 is 0 Å². The highest BCUT2D eigenvalue weighted by Gasteiger charge is 2.16. The number of nitrogens with zero attached hydrogens (tertiary/aromatic N) is 4. The maximum atomic E-state index is 12.5. The first-order chi connectivity index (χ1) is 11.1. The topological polar surface area (TPSA) is 81.9 Å². The molecule has 0 radical (unpaired) electrons. The molecule has 2 aromatic rings. The van der Waals surface area contributed by atoms with Gasteiger partial charge >= 0.3 is 0 Å². The Balaban J connectivity index is 1.97. The lowest BCUT2D eigenvalue weighted by atomic mass is 10.2. The Morgan fingerprint density at radius 2 is 2.26 bits per heavy atom. The molecule has 124 valence electrons. The van der Waals surface area contributed by atoms with E-state index < -0.39 is 0 Å². The molecule has 1 N–H and O–H groups in total. The summed E-state index contributed by atoms with van der Waals surface area (Å²) in [6.07, 6.45) is 5.62. The van der Waals surface area contributed by atoms with Gasteiger partial charge in [-0.3, -0.25) is 19.4 Å². The van der Waals surface area contributed by atoms with Gasteiger partial charge < -0.3 is 10.1 Å². The summed E-state index contributed by atoms with van der Waals surface area (Å²) in [6, 6.07) is 1.74. The zero-order valence-corrected chi connectivity index (χ0v) is 13.8. The van der Waals surface area contributed by atoms with Crippen molar-refractivity contribution in [3.63, 3.8) is 0 Å². The Bertz CT molecular complexity index is 627.